The third-order valence-corrected chi connectivity index (χ3v) is 8.40. The minimum atomic E-state index is -1.17. The first-order valence-corrected chi connectivity index (χ1v) is 13.7. The van der Waals surface area contributed by atoms with Crippen molar-refractivity contribution in [3.05, 3.63) is 71.4 Å². The van der Waals surface area contributed by atoms with Gasteiger partial charge >= 0.3 is 0 Å². The maximum absolute atomic E-state index is 14.2. The highest BCUT2D eigenvalue weighted by molar-refractivity contribution is 5.94. The Bertz CT molecular complexity index is 1380. The fraction of sp³-hybridized carbons (Fsp3) is 0.448. The van der Waals surface area contributed by atoms with Crippen molar-refractivity contribution in [2.45, 2.75) is 62.6 Å². The van der Waals surface area contributed by atoms with Crippen LogP contribution in [0.3, 0.4) is 0 Å². The van der Waals surface area contributed by atoms with E-state index in [9.17, 15) is 22.8 Å². The lowest BCUT2D eigenvalue weighted by Gasteiger charge is -2.41. The maximum atomic E-state index is 14.2. The first-order chi connectivity index (χ1) is 19.3. The van der Waals surface area contributed by atoms with E-state index in [1.54, 1.807) is 6.20 Å². The molecule has 0 bridgehead atoms. The predicted octanol–water partition coefficient (Wildman–Crippen LogP) is 4.32. The number of hydrogen-bond donors (Lipinski definition) is 2. The molecule has 3 aliphatic rings. The largest absolute Gasteiger partial charge is 0.355 e. The molecule has 3 heterocycles. The predicted molar refractivity (Wildman–Crippen MR) is 138 cm³/mol. The number of aromatic nitrogens is 2. The molecule has 210 valence electrons. The summed E-state index contributed by atoms with van der Waals surface area (Å²) in [7, 11) is 0. The van der Waals surface area contributed by atoms with Crippen LogP contribution in [0.4, 0.5) is 13.2 Å². The number of carbonyl (C=O) groups is 2. The van der Waals surface area contributed by atoms with Crippen molar-refractivity contribution in [3.63, 3.8) is 0 Å². The Balaban J connectivity index is 1.20. The Hall–Kier alpha value is -3.73. The number of rotatable bonds is 7. The van der Waals surface area contributed by atoms with Gasteiger partial charge in [-0.2, -0.15) is 0 Å². The van der Waals surface area contributed by atoms with E-state index >= 15 is 0 Å². The molecular formula is C29H30F3N5O3. The van der Waals surface area contributed by atoms with Gasteiger partial charge in [-0.3, -0.25) is 19.5 Å². The van der Waals surface area contributed by atoms with E-state index in [1.807, 2.05) is 18.2 Å². The molecule has 0 radical (unpaired) electrons. The van der Waals surface area contributed by atoms with Crippen molar-refractivity contribution in [2.24, 2.45) is 5.92 Å². The molecule has 0 spiro atoms. The monoisotopic (exact) mass is 553 g/mol. The Kier molecular flexibility index (Phi) is 7.07. The van der Waals surface area contributed by atoms with Gasteiger partial charge in [0.15, 0.2) is 11.5 Å². The Labute approximate surface area is 229 Å². The molecule has 2 N–H and O–H groups in total. The second-order valence-corrected chi connectivity index (χ2v) is 11.0. The van der Waals surface area contributed by atoms with Crippen LogP contribution in [0.15, 0.2) is 47.1 Å². The molecule has 6 rings (SSSR count). The third kappa shape index (κ3) is 5.22. The fourth-order valence-corrected chi connectivity index (χ4v) is 6.08. The van der Waals surface area contributed by atoms with Gasteiger partial charge in [0.2, 0.25) is 5.91 Å². The lowest BCUT2D eigenvalue weighted by molar-refractivity contribution is -0.129. The average molecular weight is 554 g/mol. The second kappa shape index (κ2) is 10.7. The summed E-state index contributed by atoms with van der Waals surface area (Å²) < 4.78 is 46.8. The van der Waals surface area contributed by atoms with E-state index in [2.05, 4.69) is 25.7 Å². The minimum absolute atomic E-state index is 0.146. The zero-order valence-electron chi connectivity index (χ0n) is 21.8. The normalized spacial score (nSPS) is 22.7. The molecule has 2 saturated carbocycles. The van der Waals surface area contributed by atoms with Crippen LogP contribution in [0.5, 0.6) is 0 Å². The summed E-state index contributed by atoms with van der Waals surface area (Å²) >= 11 is 0. The SMILES string of the molecule is O=C(N[C@@H]1CCN(C2CCCC2)C[C@H]1C(=O)NC1(c2ccccn2)CC1)c1cc(-c2c(F)cc(F)cc2F)on1. The van der Waals surface area contributed by atoms with Crippen molar-refractivity contribution in [2.75, 3.05) is 13.1 Å². The van der Waals surface area contributed by atoms with Gasteiger partial charge < -0.3 is 15.2 Å². The summed E-state index contributed by atoms with van der Waals surface area (Å²) in [5, 5.41) is 9.82. The van der Waals surface area contributed by atoms with E-state index in [-0.39, 0.29) is 17.4 Å². The van der Waals surface area contributed by atoms with Gasteiger partial charge in [-0.05, 0) is 44.2 Å². The molecule has 8 nitrogen and oxygen atoms in total. The number of amides is 2. The molecule has 1 aromatic carbocycles. The summed E-state index contributed by atoms with van der Waals surface area (Å²) in [6.07, 6.45) is 8.40. The molecule has 3 fully saturated rings. The number of pyridine rings is 1. The van der Waals surface area contributed by atoms with Crippen molar-refractivity contribution in [3.8, 4) is 11.3 Å². The number of nitrogens with zero attached hydrogens (tertiary/aromatic N) is 3. The highest BCUT2D eigenvalue weighted by Crippen LogP contribution is 2.45. The van der Waals surface area contributed by atoms with Gasteiger partial charge in [-0.25, -0.2) is 13.2 Å². The van der Waals surface area contributed by atoms with Gasteiger partial charge in [0.25, 0.3) is 5.91 Å². The van der Waals surface area contributed by atoms with Gasteiger partial charge in [-0.15, -0.1) is 0 Å². The van der Waals surface area contributed by atoms with Crippen LogP contribution in [0, 0.1) is 23.4 Å². The number of nitrogens with one attached hydrogen (secondary N) is 2. The molecule has 2 aliphatic carbocycles. The van der Waals surface area contributed by atoms with Crippen LogP contribution in [-0.4, -0.2) is 52.0 Å². The topological polar surface area (TPSA) is 100 Å². The molecule has 1 saturated heterocycles. The molecule has 2 amide bonds. The zero-order valence-corrected chi connectivity index (χ0v) is 21.8. The van der Waals surface area contributed by atoms with Crippen molar-refractivity contribution in [1.29, 1.82) is 0 Å². The second-order valence-electron chi connectivity index (χ2n) is 11.0. The van der Waals surface area contributed by atoms with Crippen LogP contribution in [-0.2, 0) is 10.3 Å². The summed E-state index contributed by atoms with van der Waals surface area (Å²) in [6, 6.07) is 7.75. The maximum Gasteiger partial charge on any atom is 0.273 e. The highest BCUT2D eigenvalue weighted by atomic mass is 19.1. The van der Waals surface area contributed by atoms with Gasteiger partial charge in [0.05, 0.1) is 22.7 Å². The molecule has 0 unspecified atom stereocenters. The molecule has 1 aliphatic heterocycles. The van der Waals surface area contributed by atoms with Gasteiger partial charge in [-0.1, -0.05) is 24.1 Å². The molecule has 40 heavy (non-hydrogen) atoms. The molecule has 2 atom stereocenters. The standard InChI is InChI=1S/C29H30F3N5O3/c30-17-13-20(31)26(21(32)14-17)24-15-23(36-40-24)28(39)34-22-8-12-37(18-5-1-2-6-18)16-19(22)27(38)35-29(9-10-29)25-7-3-4-11-33-25/h3-4,7,11,13-15,18-19,22H,1-2,5-6,8-10,12,16H2,(H,34,39)(H,35,38)/t19-,22-/m1/s1. The zero-order chi connectivity index (χ0) is 27.9. The number of halogens is 3. The number of hydrogen-bond acceptors (Lipinski definition) is 6. The Morgan fingerprint density at radius 2 is 1.77 bits per heavy atom. The van der Waals surface area contributed by atoms with Crippen LogP contribution < -0.4 is 10.6 Å². The lowest BCUT2D eigenvalue weighted by Crippen LogP contribution is -2.58. The Morgan fingerprint density at radius 1 is 1.02 bits per heavy atom. The van der Waals surface area contributed by atoms with Gasteiger partial charge in [0.1, 0.15) is 17.5 Å². The minimum Gasteiger partial charge on any atom is -0.355 e. The first-order valence-electron chi connectivity index (χ1n) is 13.7. The smallest absolute Gasteiger partial charge is 0.273 e. The molecule has 3 aromatic rings. The highest BCUT2D eigenvalue weighted by Gasteiger charge is 2.49. The fourth-order valence-electron chi connectivity index (χ4n) is 6.08. The average Bonchev–Trinajstić information content (AvgIpc) is 3.29. The van der Waals surface area contributed by atoms with Crippen LogP contribution in [0.25, 0.3) is 11.3 Å². The van der Waals surface area contributed by atoms with E-state index in [0.717, 1.165) is 44.0 Å². The molecule has 11 heteroatoms. The summed E-state index contributed by atoms with van der Waals surface area (Å²) in [5.74, 6) is -5.03. The van der Waals surface area contributed by atoms with E-state index in [1.165, 1.54) is 12.8 Å². The van der Waals surface area contributed by atoms with E-state index in [0.29, 0.717) is 31.1 Å². The third-order valence-electron chi connectivity index (χ3n) is 8.40. The number of carbonyl (C=O) groups excluding carboxylic acids is 2. The molecular weight excluding hydrogens is 523 g/mol. The van der Waals surface area contributed by atoms with Crippen molar-refractivity contribution < 1.29 is 27.3 Å². The quantitative estimate of drug-likeness (QED) is 0.452. The van der Waals surface area contributed by atoms with Crippen molar-refractivity contribution in [1.82, 2.24) is 25.7 Å². The van der Waals surface area contributed by atoms with Crippen LogP contribution in [0.2, 0.25) is 0 Å². The number of piperidine rings is 1. The van der Waals surface area contributed by atoms with Gasteiger partial charge in [0, 0.05) is 49.6 Å². The van der Waals surface area contributed by atoms with E-state index < -0.39 is 46.4 Å². The summed E-state index contributed by atoms with van der Waals surface area (Å²) in [6.45, 7) is 1.25. The molecule has 2 aromatic heterocycles. The summed E-state index contributed by atoms with van der Waals surface area (Å²) in [4.78, 5) is 33.7. The first kappa shape index (κ1) is 26.5. The van der Waals surface area contributed by atoms with Crippen LogP contribution >= 0.6 is 0 Å². The van der Waals surface area contributed by atoms with Crippen molar-refractivity contribution >= 4 is 11.8 Å². The van der Waals surface area contributed by atoms with E-state index in [4.69, 9.17) is 4.52 Å². The lowest BCUT2D eigenvalue weighted by atomic mass is 9.89. The Morgan fingerprint density at radius 3 is 2.45 bits per heavy atom. The van der Waals surface area contributed by atoms with Crippen LogP contribution in [0.1, 0.15) is 61.1 Å². The number of likely N-dealkylation sites (tertiary alicyclic amines) is 1. The number of benzene rings is 1. The summed E-state index contributed by atoms with van der Waals surface area (Å²) in [5.41, 5.74) is -0.475.